The van der Waals surface area contributed by atoms with Crippen molar-refractivity contribution in [2.24, 2.45) is 5.92 Å². The first-order valence-corrected chi connectivity index (χ1v) is 5.75. The van der Waals surface area contributed by atoms with Crippen LogP contribution in [0.5, 0.6) is 0 Å². The Labute approximate surface area is 100 Å². The minimum absolute atomic E-state index is 0.564. The van der Waals surface area contributed by atoms with E-state index >= 15 is 0 Å². The van der Waals surface area contributed by atoms with Gasteiger partial charge in [-0.2, -0.15) is 0 Å². The number of rotatable bonds is 5. The van der Waals surface area contributed by atoms with Crippen LogP contribution in [-0.2, 0) is 13.0 Å². The van der Waals surface area contributed by atoms with Gasteiger partial charge in [-0.25, -0.2) is 0 Å². The molecule has 92 valence electrons. The van der Waals surface area contributed by atoms with E-state index in [0.717, 1.165) is 29.5 Å². The molecule has 17 heavy (non-hydrogen) atoms. The summed E-state index contributed by atoms with van der Waals surface area (Å²) in [4.78, 5) is 0. The van der Waals surface area contributed by atoms with E-state index in [9.17, 15) is 0 Å². The van der Waals surface area contributed by atoms with E-state index in [1.807, 2.05) is 19.1 Å². The molecule has 0 atom stereocenters. The third-order valence-electron chi connectivity index (χ3n) is 2.30. The van der Waals surface area contributed by atoms with Gasteiger partial charge < -0.3 is 14.4 Å². The molecule has 0 aromatic carbocycles. The number of anilines is 1. The summed E-state index contributed by atoms with van der Waals surface area (Å²) in [6.07, 6.45) is 0.901. The third-order valence-corrected chi connectivity index (χ3v) is 2.30. The van der Waals surface area contributed by atoms with Crippen LogP contribution >= 0.6 is 0 Å². The topological polar surface area (TPSA) is 64.1 Å². The lowest BCUT2D eigenvalue weighted by molar-refractivity contribution is 0.370. The van der Waals surface area contributed by atoms with Gasteiger partial charge in [0.05, 0.1) is 6.54 Å². The summed E-state index contributed by atoms with van der Waals surface area (Å²) in [5.74, 6) is 3.01. The summed E-state index contributed by atoms with van der Waals surface area (Å²) in [6, 6.07) is 3.81. The van der Waals surface area contributed by atoms with E-state index in [1.54, 1.807) is 0 Å². The first-order valence-electron chi connectivity index (χ1n) is 5.75. The lowest BCUT2D eigenvalue weighted by atomic mass is 10.1. The first kappa shape index (κ1) is 11.7. The van der Waals surface area contributed by atoms with E-state index in [2.05, 4.69) is 29.5 Å². The summed E-state index contributed by atoms with van der Waals surface area (Å²) in [5.41, 5.74) is 0.857. The number of nitrogens with one attached hydrogen (secondary N) is 1. The van der Waals surface area contributed by atoms with Gasteiger partial charge in [-0.3, -0.25) is 0 Å². The van der Waals surface area contributed by atoms with E-state index in [4.69, 9.17) is 9.05 Å². The highest BCUT2D eigenvalue weighted by atomic mass is 16.5. The molecule has 0 aliphatic heterocycles. The summed E-state index contributed by atoms with van der Waals surface area (Å²) in [5, 5.41) is 11.0. The molecule has 0 radical (unpaired) electrons. The van der Waals surface area contributed by atoms with Crippen LogP contribution in [0, 0.1) is 12.8 Å². The van der Waals surface area contributed by atoms with Crippen LogP contribution in [0.25, 0.3) is 0 Å². The van der Waals surface area contributed by atoms with Crippen molar-refractivity contribution < 1.29 is 9.05 Å². The number of nitrogens with zero attached hydrogens (tertiary/aromatic N) is 2. The number of hydrogen-bond acceptors (Lipinski definition) is 5. The van der Waals surface area contributed by atoms with Crippen molar-refractivity contribution in [1.29, 1.82) is 0 Å². The van der Waals surface area contributed by atoms with Crippen molar-refractivity contribution in [2.75, 3.05) is 5.32 Å². The highest BCUT2D eigenvalue weighted by Crippen LogP contribution is 2.14. The van der Waals surface area contributed by atoms with Gasteiger partial charge in [0.2, 0.25) is 0 Å². The maximum absolute atomic E-state index is 5.21. The van der Waals surface area contributed by atoms with Crippen LogP contribution in [0.4, 0.5) is 5.82 Å². The second kappa shape index (κ2) is 5.03. The van der Waals surface area contributed by atoms with E-state index in [0.29, 0.717) is 12.5 Å². The van der Waals surface area contributed by atoms with Crippen molar-refractivity contribution >= 4 is 5.82 Å². The molecular formula is C12H17N3O2. The molecule has 5 heteroatoms. The van der Waals surface area contributed by atoms with Crippen LogP contribution in [-0.4, -0.2) is 10.3 Å². The summed E-state index contributed by atoms with van der Waals surface area (Å²) in [7, 11) is 0. The first-order chi connectivity index (χ1) is 8.13. The summed E-state index contributed by atoms with van der Waals surface area (Å²) < 4.78 is 10.2. The summed E-state index contributed by atoms with van der Waals surface area (Å²) >= 11 is 0. The predicted molar refractivity (Wildman–Crippen MR) is 63.6 cm³/mol. The molecule has 2 aromatic heterocycles. The second-order valence-electron chi connectivity index (χ2n) is 4.56. The molecular weight excluding hydrogens is 218 g/mol. The van der Waals surface area contributed by atoms with Crippen molar-refractivity contribution in [3.63, 3.8) is 0 Å². The van der Waals surface area contributed by atoms with Crippen LogP contribution in [0.1, 0.15) is 31.1 Å². The molecule has 0 unspecified atom stereocenters. The fraction of sp³-hybridized carbons (Fsp3) is 0.500. The molecule has 0 bridgehead atoms. The van der Waals surface area contributed by atoms with Crippen molar-refractivity contribution in [1.82, 2.24) is 10.3 Å². The third kappa shape index (κ3) is 3.34. The second-order valence-corrected chi connectivity index (χ2v) is 4.56. The zero-order valence-corrected chi connectivity index (χ0v) is 10.4. The highest BCUT2D eigenvalue weighted by molar-refractivity contribution is 5.34. The Bertz CT molecular complexity index is 474. The van der Waals surface area contributed by atoms with Gasteiger partial charge in [0.1, 0.15) is 17.2 Å². The highest BCUT2D eigenvalue weighted by Gasteiger charge is 2.06. The van der Waals surface area contributed by atoms with Crippen molar-refractivity contribution in [2.45, 2.75) is 33.7 Å². The largest absolute Gasteiger partial charge is 0.361 e. The van der Waals surface area contributed by atoms with Crippen LogP contribution in [0.2, 0.25) is 0 Å². The standard InChI is InChI=1S/C12H17N3O2/c1-8(2)4-11-6-12(15-17-11)13-7-10-5-9(3)16-14-10/h5-6,8H,4,7H2,1-3H3,(H,13,15). The van der Waals surface area contributed by atoms with E-state index < -0.39 is 0 Å². The quantitative estimate of drug-likeness (QED) is 0.863. The smallest absolute Gasteiger partial charge is 0.169 e. The monoisotopic (exact) mass is 235 g/mol. The number of aryl methyl sites for hydroxylation is 1. The van der Waals surface area contributed by atoms with Gasteiger partial charge in [-0.1, -0.05) is 24.2 Å². The van der Waals surface area contributed by atoms with Gasteiger partial charge in [-0.05, 0) is 12.8 Å². The van der Waals surface area contributed by atoms with Crippen LogP contribution < -0.4 is 5.32 Å². The molecule has 0 saturated heterocycles. The van der Waals surface area contributed by atoms with E-state index in [-0.39, 0.29) is 0 Å². The molecule has 2 aromatic rings. The lowest BCUT2D eigenvalue weighted by Crippen LogP contribution is -1.99. The predicted octanol–water partition coefficient (Wildman–Crippen LogP) is 2.78. The van der Waals surface area contributed by atoms with Gasteiger partial charge >= 0.3 is 0 Å². The lowest BCUT2D eigenvalue weighted by Gasteiger charge is -1.97. The Kier molecular flexibility index (Phi) is 3.46. The molecule has 0 amide bonds. The number of aromatic nitrogens is 2. The SMILES string of the molecule is Cc1cc(CNc2cc(CC(C)C)on2)no1. The molecule has 5 nitrogen and oxygen atoms in total. The summed E-state index contributed by atoms with van der Waals surface area (Å²) in [6.45, 7) is 6.75. The molecule has 1 N–H and O–H groups in total. The zero-order chi connectivity index (χ0) is 12.3. The fourth-order valence-electron chi connectivity index (χ4n) is 1.58. The molecule has 2 rings (SSSR count). The van der Waals surface area contributed by atoms with Crippen LogP contribution in [0.3, 0.4) is 0 Å². The fourth-order valence-corrected chi connectivity index (χ4v) is 1.58. The Morgan fingerprint density at radius 3 is 2.71 bits per heavy atom. The van der Waals surface area contributed by atoms with Gasteiger partial charge in [-0.15, -0.1) is 0 Å². The zero-order valence-electron chi connectivity index (χ0n) is 10.4. The van der Waals surface area contributed by atoms with Gasteiger partial charge in [0.25, 0.3) is 0 Å². The minimum atomic E-state index is 0.564. The Morgan fingerprint density at radius 2 is 2.06 bits per heavy atom. The molecule has 0 aliphatic rings. The average Bonchev–Trinajstić information content (AvgIpc) is 2.84. The maximum Gasteiger partial charge on any atom is 0.169 e. The molecule has 2 heterocycles. The van der Waals surface area contributed by atoms with E-state index in [1.165, 1.54) is 0 Å². The van der Waals surface area contributed by atoms with Gasteiger partial charge in [0.15, 0.2) is 5.82 Å². The maximum atomic E-state index is 5.21. The average molecular weight is 235 g/mol. The van der Waals surface area contributed by atoms with Crippen LogP contribution in [0.15, 0.2) is 21.2 Å². The van der Waals surface area contributed by atoms with Crippen molar-refractivity contribution in [3.05, 3.63) is 29.3 Å². The Balaban J connectivity index is 1.89. The molecule has 0 aliphatic carbocycles. The normalized spacial score (nSPS) is 11.1. The number of hydrogen-bond donors (Lipinski definition) is 1. The molecule has 0 saturated carbocycles. The van der Waals surface area contributed by atoms with Crippen molar-refractivity contribution in [3.8, 4) is 0 Å². The van der Waals surface area contributed by atoms with Gasteiger partial charge in [0, 0.05) is 18.6 Å². The molecule has 0 fully saturated rings. The Hall–Kier alpha value is -1.78. The molecule has 0 spiro atoms. The Morgan fingerprint density at radius 1 is 1.24 bits per heavy atom. The minimum Gasteiger partial charge on any atom is -0.361 e.